The third kappa shape index (κ3) is 8.59. The summed E-state index contributed by atoms with van der Waals surface area (Å²) in [7, 11) is 1.63. The summed E-state index contributed by atoms with van der Waals surface area (Å²) in [6.45, 7) is 3.94. The summed E-state index contributed by atoms with van der Waals surface area (Å²) in [6, 6.07) is 12.6. The smallest absolute Gasteiger partial charge is 0.328 e. The molecule has 0 bridgehead atoms. The van der Waals surface area contributed by atoms with Crippen LogP contribution in [0.4, 0.5) is 5.82 Å². The molecule has 9 nitrogen and oxygen atoms in total. The van der Waals surface area contributed by atoms with Crippen LogP contribution in [0.25, 0.3) is 16.3 Å². The SMILES string of the molecule is COc1cncnc1NCCCN1CC=C(c2cccc3ccc(Cl)cc23)CC1.O=C(O)/C=C/C(=O)O. The zero-order valence-corrected chi connectivity index (χ0v) is 21.2. The number of carboxylic acids is 2. The summed E-state index contributed by atoms with van der Waals surface area (Å²) in [5, 5.41) is 22.2. The second kappa shape index (κ2) is 14.0. The van der Waals surface area contributed by atoms with E-state index in [-0.39, 0.29) is 0 Å². The van der Waals surface area contributed by atoms with E-state index in [2.05, 4.69) is 56.6 Å². The van der Waals surface area contributed by atoms with Gasteiger partial charge in [0.1, 0.15) is 6.33 Å². The highest BCUT2D eigenvalue weighted by Crippen LogP contribution is 2.31. The number of ether oxygens (including phenoxy) is 1. The van der Waals surface area contributed by atoms with Crippen LogP contribution < -0.4 is 10.1 Å². The maximum absolute atomic E-state index is 9.55. The minimum absolute atomic E-state index is 0.558. The molecule has 0 unspecified atom stereocenters. The molecule has 2 aromatic carbocycles. The molecule has 3 N–H and O–H groups in total. The molecule has 0 amide bonds. The first-order valence-corrected chi connectivity index (χ1v) is 12.1. The number of halogens is 1. The molecule has 0 saturated carbocycles. The van der Waals surface area contributed by atoms with Gasteiger partial charge in [0, 0.05) is 43.4 Å². The number of carboxylic acid groups (broad SMARTS) is 2. The van der Waals surface area contributed by atoms with Crippen LogP contribution in [0, 0.1) is 0 Å². The minimum Gasteiger partial charge on any atom is -0.491 e. The first kappa shape index (κ1) is 27.6. The van der Waals surface area contributed by atoms with Gasteiger partial charge >= 0.3 is 11.9 Å². The van der Waals surface area contributed by atoms with E-state index in [1.807, 2.05) is 6.07 Å². The van der Waals surface area contributed by atoms with Gasteiger partial charge in [0.05, 0.1) is 13.3 Å². The zero-order chi connectivity index (χ0) is 26.6. The van der Waals surface area contributed by atoms with Crippen LogP contribution in [0.3, 0.4) is 0 Å². The van der Waals surface area contributed by atoms with E-state index in [1.165, 1.54) is 28.2 Å². The molecule has 0 spiro atoms. The number of hydrogen-bond donors (Lipinski definition) is 3. The molecular weight excluding hydrogens is 496 g/mol. The summed E-state index contributed by atoms with van der Waals surface area (Å²) >= 11 is 6.24. The molecule has 2 heterocycles. The minimum atomic E-state index is -1.26. The van der Waals surface area contributed by atoms with Crippen molar-refractivity contribution in [1.82, 2.24) is 14.9 Å². The van der Waals surface area contributed by atoms with Gasteiger partial charge in [-0.15, -0.1) is 0 Å². The largest absolute Gasteiger partial charge is 0.491 e. The second-order valence-corrected chi connectivity index (χ2v) is 8.62. The van der Waals surface area contributed by atoms with Crippen molar-refractivity contribution in [2.24, 2.45) is 0 Å². The summed E-state index contributed by atoms with van der Waals surface area (Å²) < 4.78 is 5.27. The van der Waals surface area contributed by atoms with E-state index in [1.54, 1.807) is 13.3 Å². The van der Waals surface area contributed by atoms with Crippen molar-refractivity contribution in [3.8, 4) is 5.75 Å². The number of nitrogens with one attached hydrogen (secondary N) is 1. The summed E-state index contributed by atoms with van der Waals surface area (Å²) in [5.41, 5.74) is 2.72. The topological polar surface area (TPSA) is 125 Å². The standard InChI is InChI=1S/C23H25ClN4O.C4H4O4/c1-29-22-15-25-16-27-23(22)26-10-3-11-28-12-8-18(9-13-28)20-5-2-4-17-6-7-19(24)14-21(17)20;5-3(6)1-2-4(7)8/h2,4-8,14-16H,3,9-13H2,1H3,(H,25,26,27);1-2H,(H,5,6)(H,7,8)/b;2-1+. The predicted octanol–water partition coefficient (Wildman–Crippen LogP) is 4.59. The number of rotatable bonds is 9. The Morgan fingerprint density at radius 1 is 1.19 bits per heavy atom. The van der Waals surface area contributed by atoms with E-state index in [0.717, 1.165) is 49.9 Å². The maximum atomic E-state index is 9.55. The molecule has 1 aromatic heterocycles. The number of anilines is 1. The van der Waals surface area contributed by atoms with Crippen LogP contribution in [0.5, 0.6) is 5.75 Å². The molecule has 0 fully saturated rings. The molecule has 37 heavy (non-hydrogen) atoms. The fourth-order valence-corrected chi connectivity index (χ4v) is 4.11. The third-order valence-corrected chi connectivity index (χ3v) is 5.93. The number of carbonyl (C=O) groups is 2. The fourth-order valence-electron chi connectivity index (χ4n) is 3.93. The van der Waals surface area contributed by atoms with Crippen molar-refractivity contribution < 1.29 is 24.5 Å². The van der Waals surface area contributed by atoms with Crippen LogP contribution in [0.2, 0.25) is 5.02 Å². The fraction of sp³-hybridized carbons (Fsp3) is 0.259. The van der Waals surface area contributed by atoms with Crippen LogP contribution in [-0.2, 0) is 9.59 Å². The molecule has 0 saturated heterocycles. The summed E-state index contributed by atoms with van der Waals surface area (Å²) in [4.78, 5) is 29.8. The molecule has 0 atom stereocenters. The number of aromatic nitrogens is 2. The van der Waals surface area contributed by atoms with E-state index in [0.29, 0.717) is 17.9 Å². The Bertz CT molecular complexity index is 1280. The lowest BCUT2D eigenvalue weighted by atomic mass is 9.94. The van der Waals surface area contributed by atoms with Crippen LogP contribution in [0.1, 0.15) is 18.4 Å². The third-order valence-electron chi connectivity index (χ3n) is 5.69. The number of methoxy groups -OCH3 is 1. The maximum Gasteiger partial charge on any atom is 0.328 e. The first-order valence-electron chi connectivity index (χ1n) is 11.7. The van der Waals surface area contributed by atoms with Gasteiger partial charge in [0.25, 0.3) is 0 Å². The van der Waals surface area contributed by atoms with Gasteiger partial charge in [-0.05, 0) is 46.9 Å². The second-order valence-electron chi connectivity index (χ2n) is 8.18. The predicted molar refractivity (Wildman–Crippen MR) is 144 cm³/mol. The lowest BCUT2D eigenvalue weighted by molar-refractivity contribution is -0.134. The Morgan fingerprint density at radius 2 is 1.97 bits per heavy atom. The lowest BCUT2D eigenvalue weighted by Gasteiger charge is -2.27. The Kier molecular flexibility index (Phi) is 10.4. The molecular formula is C27H29ClN4O5. The van der Waals surface area contributed by atoms with Gasteiger partial charge < -0.3 is 20.3 Å². The van der Waals surface area contributed by atoms with E-state index in [4.69, 9.17) is 26.6 Å². The van der Waals surface area contributed by atoms with Crippen molar-refractivity contribution in [3.05, 3.63) is 77.7 Å². The average Bonchev–Trinajstić information content (AvgIpc) is 2.90. The Balaban J connectivity index is 0.000000414. The molecule has 4 rings (SSSR count). The zero-order valence-electron chi connectivity index (χ0n) is 20.4. The molecule has 1 aliphatic rings. The van der Waals surface area contributed by atoms with Gasteiger partial charge in [-0.1, -0.05) is 41.9 Å². The molecule has 3 aromatic rings. The van der Waals surface area contributed by atoms with Crippen molar-refractivity contribution >= 4 is 45.7 Å². The van der Waals surface area contributed by atoms with Crippen molar-refractivity contribution in [3.63, 3.8) is 0 Å². The molecule has 0 aliphatic carbocycles. The van der Waals surface area contributed by atoms with E-state index < -0.39 is 11.9 Å². The number of fused-ring (bicyclic) bond motifs is 1. The molecule has 10 heteroatoms. The Hall–Kier alpha value is -3.95. The van der Waals surface area contributed by atoms with Crippen LogP contribution in [0.15, 0.2) is 67.2 Å². The highest BCUT2D eigenvalue weighted by molar-refractivity contribution is 6.31. The highest BCUT2D eigenvalue weighted by Gasteiger charge is 2.14. The highest BCUT2D eigenvalue weighted by atomic mass is 35.5. The van der Waals surface area contributed by atoms with Crippen LogP contribution >= 0.6 is 11.6 Å². The van der Waals surface area contributed by atoms with E-state index >= 15 is 0 Å². The summed E-state index contributed by atoms with van der Waals surface area (Å²) in [5.74, 6) is -1.09. The first-order chi connectivity index (χ1) is 17.9. The normalized spacial score (nSPS) is 13.5. The van der Waals surface area contributed by atoms with Gasteiger partial charge in [0.2, 0.25) is 0 Å². The van der Waals surface area contributed by atoms with Crippen molar-refractivity contribution in [1.29, 1.82) is 0 Å². The van der Waals surface area contributed by atoms with Gasteiger partial charge in [-0.25, -0.2) is 19.6 Å². The molecule has 1 aliphatic heterocycles. The number of hydrogen-bond acceptors (Lipinski definition) is 7. The van der Waals surface area contributed by atoms with Gasteiger partial charge in [0.15, 0.2) is 11.6 Å². The quantitative estimate of drug-likeness (QED) is 0.272. The van der Waals surface area contributed by atoms with Crippen molar-refractivity contribution in [2.75, 3.05) is 38.6 Å². The number of benzene rings is 2. The lowest BCUT2D eigenvalue weighted by Crippen LogP contribution is -2.30. The monoisotopic (exact) mass is 524 g/mol. The Morgan fingerprint density at radius 3 is 2.65 bits per heavy atom. The molecule has 0 radical (unpaired) electrons. The van der Waals surface area contributed by atoms with E-state index in [9.17, 15) is 9.59 Å². The number of nitrogens with zero attached hydrogens (tertiary/aromatic N) is 3. The average molecular weight is 525 g/mol. The van der Waals surface area contributed by atoms with Gasteiger partial charge in [-0.3, -0.25) is 4.90 Å². The summed E-state index contributed by atoms with van der Waals surface area (Å²) in [6.07, 6.45) is 8.78. The number of aliphatic carboxylic acids is 2. The molecule has 194 valence electrons. The van der Waals surface area contributed by atoms with Crippen LogP contribution in [-0.4, -0.2) is 70.3 Å². The Labute approximate surface area is 220 Å². The van der Waals surface area contributed by atoms with Crippen molar-refractivity contribution in [2.45, 2.75) is 12.8 Å². The van der Waals surface area contributed by atoms with Gasteiger partial charge in [-0.2, -0.15) is 0 Å².